The molecule has 8 nitrogen and oxygen atoms in total. The van der Waals surface area contributed by atoms with Crippen molar-refractivity contribution in [1.82, 2.24) is 20.8 Å². The molecule has 1 aliphatic carbocycles. The standard InChI is InChI=1S/C13H20N4O4/c18-11(19)13(6-3-1-2-4-7-13)16-12(20)14-8-5-10-15-9-21-17-10/h9H,1-8H2,(H,18,19)(H2,14,16,20). The smallest absolute Gasteiger partial charge is 0.329 e. The zero-order valence-corrected chi connectivity index (χ0v) is 11.8. The fourth-order valence-corrected chi connectivity index (χ4v) is 2.58. The van der Waals surface area contributed by atoms with Gasteiger partial charge < -0.3 is 20.3 Å². The van der Waals surface area contributed by atoms with E-state index >= 15 is 0 Å². The van der Waals surface area contributed by atoms with Gasteiger partial charge in [-0.25, -0.2) is 9.59 Å². The van der Waals surface area contributed by atoms with E-state index in [0.717, 1.165) is 25.7 Å². The molecule has 0 spiro atoms. The number of carboxylic acid groups (broad SMARTS) is 1. The molecule has 0 aliphatic heterocycles. The molecule has 0 atom stereocenters. The predicted octanol–water partition coefficient (Wildman–Crippen LogP) is 1.09. The molecular formula is C13H20N4O4. The summed E-state index contributed by atoms with van der Waals surface area (Å²) in [6.07, 6.45) is 6.25. The number of nitrogens with zero attached hydrogens (tertiary/aromatic N) is 2. The molecule has 1 heterocycles. The minimum absolute atomic E-state index is 0.321. The lowest BCUT2D eigenvalue weighted by Gasteiger charge is -2.29. The second-order valence-corrected chi connectivity index (χ2v) is 5.28. The molecule has 8 heteroatoms. The van der Waals surface area contributed by atoms with Crippen LogP contribution in [0, 0.1) is 0 Å². The molecule has 2 rings (SSSR count). The van der Waals surface area contributed by atoms with Crippen molar-refractivity contribution in [1.29, 1.82) is 0 Å². The van der Waals surface area contributed by atoms with Gasteiger partial charge in [-0.2, -0.15) is 4.98 Å². The maximum atomic E-state index is 11.9. The Labute approximate surface area is 122 Å². The van der Waals surface area contributed by atoms with Crippen molar-refractivity contribution in [2.45, 2.75) is 50.5 Å². The Morgan fingerprint density at radius 2 is 2.00 bits per heavy atom. The van der Waals surface area contributed by atoms with Crippen molar-refractivity contribution in [3.05, 3.63) is 12.2 Å². The lowest BCUT2D eigenvalue weighted by molar-refractivity contribution is -0.145. The average molecular weight is 296 g/mol. The Bertz CT molecular complexity index is 467. The molecule has 1 saturated carbocycles. The molecule has 116 valence electrons. The molecule has 1 aromatic rings. The van der Waals surface area contributed by atoms with Gasteiger partial charge >= 0.3 is 12.0 Å². The number of hydrogen-bond donors (Lipinski definition) is 3. The van der Waals surface area contributed by atoms with Gasteiger partial charge in [0, 0.05) is 13.0 Å². The number of nitrogens with one attached hydrogen (secondary N) is 2. The molecule has 0 saturated heterocycles. The molecule has 0 bridgehead atoms. The molecule has 1 aromatic heterocycles. The van der Waals surface area contributed by atoms with Gasteiger partial charge in [0.15, 0.2) is 5.82 Å². The third-order valence-electron chi connectivity index (χ3n) is 3.76. The van der Waals surface area contributed by atoms with Crippen molar-refractivity contribution in [2.24, 2.45) is 0 Å². The highest BCUT2D eigenvalue weighted by atomic mass is 16.5. The second kappa shape index (κ2) is 7.05. The summed E-state index contributed by atoms with van der Waals surface area (Å²) < 4.78 is 4.59. The summed E-state index contributed by atoms with van der Waals surface area (Å²) in [7, 11) is 0. The van der Waals surface area contributed by atoms with Crippen molar-refractivity contribution in [2.75, 3.05) is 6.54 Å². The van der Waals surface area contributed by atoms with Crippen LogP contribution in [0.15, 0.2) is 10.9 Å². The molecular weight excluding hydrogens is 276 g/mol. The number of rotatable bonds is 5. The highest BCUT2D eigenvalue weighted by Crippen LogP contribution is 2.27. The number of hydrogen-bond acceptors (Lipinski definition) is 5. The maximum Gasteiger partial charge on any atom is 0.329 e. The minimum atomic E-state index is -1.15. The van der Waals surface area contributed by atoms with Gasteiger partial charge in [0.05, 0.1) is 0 Å². The number of carbonyl (C=O) groups excluding carboxylic acids is 1. The third kappa shape index (κ3) is 4.17. The Kier molecular flexibility index (Phi) is 5.13. The zero-order chi connectivity index (χ0) is 15.1. The first kappa shape index (κ1) is 15.3. The van der Waals surface area contributed by atoms with Crippen molar-refractivity contribution < 1.29 is 19.2 Å². The summed E-state index contributed by atoms with van der Waals surface area (Å²) in [4.78, 5) is 27.3. The number of carboxylic acids is 1. The third-order valence-corrected chi connectivity index (χ3v) is 3.76. The zero-order valence-electron chi connectivity index (χ0n) is 11.8. The summed E-state index contributed by atoms with van der Waals surface area (Å²) in [5, 5.41) is 18.4. The summed E-state index contributed by atoms with van der Waals surface area (Å²) in [6, 6.07) is -0.470. The number of aromatic nitrogens is 2. The number of aliphatic carboxylic acids is 1. The van der Waals surface area contributed by atoms with Crippen molar-refractivity contribution in [3.8, 4) is 0 Å². The van der Waals surface area contributed by atoms with Crippen molar-refractivity contribution >= 4 is 12.0 Å². The van der Waals surface area contributed by atoms with Gasteiger partial charge in [-0.05, 0) is 12.8 Å². The van der Waals surface area contributed by atoms with Gasteiger partial charge in [-0.15, -0.1) is 0 Å². The monoisotopic (exact) mass is 296 g/mol. The van der Waals surface area contributed by atoms with E-state index in [1.165, 1.54) is 6.39 Å². The van der Waals surface area contributed by atoms with Crippen LogP contribution >= 0.6 is 0 Å². The van der Waals surface area contributed by atoms with Crippen LogP contribution in [0.5, 0.6) is 0 Å². The predicted molar refractivity (Wildman–Crippen MR) is 72.6 cm³/mol. The summed E-state index contributed by atoms with van der Waals surface area (Å²) in [5.41, 5.74) is -1.15. The first-order valence-electron chi connectivity index (χ1n) is 7.17. The number of urea groups is 1. The van der Waals surface area contributed by atoms with Crippen LogP contribution in [0.4, 0.5) is 4.79 Å². The van der Waals surface area contributed by atoms with E-state index in [1.54, 1.807) is 0 Å². The van der Waals surface area contributed by atoms with Crippen LogP contribution < -0.4 is 10.6 Å². The van der Waals surface area contributed by atoms with E-state index in [9.17, 15) is 14.7 Å². The van der Waals surface area contributed by atoms with E-state index in [0.29, 0.717) is 31.6 Å². The summed E-state index contributed by atoms with van der Waals surface area (Å²) in [6.45, 7) is 0.321. The summed E-state index contributed by atoms with van der Waals surface area (Å²) in [5.74, 6) is -0.463. The van der Waals surface area contributed by atoms with Crippen LogP contribution in [-0.4, -0.2) is 39.3 Å². The molecule has 2 amide bonds. The molecule has 0 radical (unpaired) electrons. The minimum Gasteiger partial charge on any atom is -0.480 e. The van der Waals surface area contributed by atoms with Gasteiger partial charge in [0.2, 0.25) is 6.39 Å². The van der Waals surface area contributed by atoms with Gasteiger partial charge in [-0.3, -0.25) is 0 Å². The quantitative estimate of drug-likeness (QED) is 0.700. The number of carbonyl (C=O) groups is 2. The maximum absolute atomic E-state index is 11.9. The van der Waals surface area contributed by atoms with E-state index in [2.05, 4.69) is 25.3 Å². The second-order valence-electron chi connectivity index (χ2n) is 5.28. The van der Waals surface area contributed by atoms with Crippen LogP contribution in [0.25, 0.3) is 0 Å². The molecule has 1 fully saturated rings. The Hall–Kier alpha value is -2.12. The lowest BCUT2D eigenvalue weighted by atomic mass is 9.90. The Balaban J connectivity index is 1.84. The molecule has 3 N–H and O–H groups in total. The highest BCUT2D eigenvalue weighted by Gasteiger charge is 2.39. The Morgan fingerprint density at radius 1 is 1.29 bits per heavy atom. The van der Waals surface area contributed by atoms with E-state index in [1.807, 2.05) is 0 Å². The molecule has 1 aliphatic rings. The van der Waals surface area contributed by atoms with E-state index in [-0.39, 0.29) is 0 Å². The van der Waals surface area contributed by atoms with Gasteiger partial charge in [0.1, 0.15) is 5.54 Å². The average Bonchev–Trinajstić information content (AvgIpc) is 2.84. The van der Waals surface area contributed by atoms with Crippen LogP contribution in [0.3, 0.4) is 0 Å². The van der Waals surface area contributed by atoms with Crippen LogP contribution in [0.2, 0.25) is 0 Å². The topological polar surface area (TPSA) is 117 Å². The highest BCUT2D eigenvalue weighted by molar-refractivity contribution is 5.86. The van der Waals surface area contributed by atoms with Crippen LogP contribution in [-0.2, 0) is 11.2 Å². The van der Waals surface area contributed by atoms with E-state index in [4.69, 9.17) is 0 Å². The fraction of sp³-hybridized carbons (Fsp3) is 0.692. The first-order valence-corrected chi connectivity index (χ1v) is 7.17. The molecule has 0 unspecified atom stereocenters. The Morgan fingerprint density at radius 3 is 2.57 bits per heavy atom. The molecule has 21 heavy (non-hydrogen) atoms. The number of amides is 2. The largest absolute Gasteiger partial charge is 0.480 e. The summed E-state index contributed by atoms with van der Waals surface area (Å²) >= 11 is 0. The van der Waals surface area contributed by atoms with Gasteiger partial charge in [-0.1, -0.05) is 30.8 Å². The van der Waals surface area contributed by atoms with Crippen LogP contribution in [0.1, 0.15) is 44.3 Å². The lowest BCUT2D eigenvalue weighted by Crippen LogP contribution is -2.57. The normalized spacial score (nSPS) is 17.7. The fourth-order valence-electron chi connectivity index (χ4n) is 2.58. The van der Waals surface area contributed by atoms with Crippen molar-refractivity contribution in [3.63, 3.8) is 0 Å². The first-order chi connectivity index (χ1) is 10.1. The molecule has 0 aromatic carbocycles. The SMILES string of the molecule is O=C(NCCc1ncon1)NC1(C(=O)O)CCCCCC1. The van der Waals surface area contributed by atoms with E-state index < -0.39 is 17.5 Å². The van der Waals surface area contributed by atoms with Gasteiger partial charge in [0.25, 0.3) is 0 Å².